The molecule has 0 bridgehead atoms. The monoisotopic (exact) mass is 332 g/mol. The van der Waals surface area contributed by atoms with Crippen molar-refractivity contribution in [1.82, 2.24) is 10.1 Å². The number of aromatic nitrogens is 2. The first kappa shape index (κ1) is 15.6. The first-order valence-electron chi connectivity index (χ1n) is 8.60. The van der Waals surface area contributed by atoms with Crippen molar-refractivity contribution in [2.45, 2.75) is 56.5 Å². The van der Waals surface area contributed by atoms with E-state index in [-0.39, 0.29) is 5.92 Å². The number of aromatic hydroxyl groups is 1. The summed E-state index contributed by atoms with van der Waals surface area (Å²) in [5, 5.41) is 23.9. The van der Waals surface area contributed by atoms with Crippen LogP contribution in [0.1, 0.15) is 56.8 Å². The second kappa shape index (κ2) is 5.84. The Morgan fingerprint density at radius 2 is 1.92 bits per heavy atom. The van der Waals surface area contributed by atoms with Crippen LogP contribution in [0.15, 0.2) is 22.7 Å². The number of nitrogens with zero attached hydrogens (tertiary/aromatic N) is 2. The van der Waals surface area contributed by atoms with E-state index in [0.29, 0.717) is 36.0 Å². The van der Waals surface area contributed by atoms with E-state index in [2.05, 4.69) is 10.1 Å². The molecule has 4 rings (SSSR count). The van der Waals surface area contributed by atoms with Crippen LogP contribution in [0, 0.1) is 11.7 Å². The highest BCUT2D eigenvalue weighted by molar-refractivity contribution is 5.55. The van der Waals surface area contributed by atoms with E-state index in [4.69, 9.17) is 4.52 Å². The maximum absolute atomic E-state index is 13.4. The van der Waals surface area contributed by atoms with Gasteiger partial charge in [0.2, 0.25) is 11.7 Å². The standard InChI is InChI=1S/C18H21FN2O3/c19-14-8-11(6-7-15(14)22)16-20-17(24-21-16)12-9-18(23,10-12)13-4-2-1-3-5-13/h6-8,12-13,22-23H,1-5,9-10H2. The van der Waals surface area contributed by atoms with E-state index in [1.165, 1.54) is 31.4 Å². The minimum absolute atomic E-state index is 0.0696. The Labute approximate surface area is 139 Å². The van der Waals surface area contributed by atoms with E-state index in [0.717, 1.165) is 12.8 Å². The molecular weight excluding hydrogens is 311 g/mol. The Balaban J connectivity index is 1.45. The minimum Gasteiger partial charge on any atom is -0.505 e. The molecule has 2 aliphatic carbocycles. The summed E-state index contributed by atoms with van der Waals surface area (Å²) in [5.41, 5.74) is -0.133. The Morgan fingerprint density at radius 3 is 2.62 bits per heavy atom. The summed E-state index contributed by atoms with van der Waals surface area (Å²) in [6.45, 7) is 0. The van der Waals surface area contributed by atoms with E-state index in [9.17, 15) is 14.6 Å². The molecule has 2 aromatic rings. The fourth-order valence-electron chi connectivity index (χ4n) is 4.11. The van der Waals surface area contributed by atoms with Gasteiger partial charge in [0.15, 0.2) is 11.6 Å². The first-order chi connectivity index (χ1) is 11.5. The third-order valence-electron chi connectivity index (χ3n) is 5.56. The van der Waals surface area contributed by atoms with Crippen molar-refractivity contribution in [3.8, 4) is 17.1 Å². The quantitative estimate of drug-likeness (QED) is 0.894. The summed E-state index contributed by atoms with van der Waals surface area (Å²) in [5.74, 6) is 0.139. The molecule has 1 heterocycles. The van der Waals surface area contributed by atoms with Crippen LogP contribution in [-0.2, 0) is 0 Å². The summed E-state index contributed by atoms with van der Waals surface area (Å²) < 4.78 is 18.8. The van der Waals surface area contributed by atoms with Crippen LogP contribution in [0.3, 0.4) is 0 Å². The molecule has 2 fully saturated rings. The second-order valence-electron chi connectivity index (χ2n) is 7.17. The van der Waals surface area contributed by atoms with E-state index >= 15 is 0 Å². The van der Waals surface area contributed by atoms with Crippen molar-refractivity contribution in [3.05, 3.63) is 29.9 Å². The van der Waals surface area contributed by atoms with Crippen LogP contribution in [0.2, 0.25) is 0 Å². The molecule has 0 spiro atoms. The summed E-state index contributed by atoms with van der Waals surface area (Å²) >= 11 is 0. The van der Waals surface area contributed by atoms with Crippen molar-refractivity contribution in [3.63, 3.8) is 0 Å². The molecule has 1 aromatic carbocycles. The molecule has 0 atom stereocenters. The molecule has 0 aliphatic heterocycles. The van der Waals surface area contributed by atoms with Crippen LogP contribution in [0.25, 0.3) is 11.4 Å². The molecule has 24 heavy (non-hydrogen) atoms. The number of phenols is 1. The number of halogens is 1. The fraction of sp³-hybridized carbons (Fsp3) is 0.556. The van der Waals surface area contributed by atoms with Crippen molar-refractivity contribution < 1.29 is 19.1 Å². The Morgan fingerprint density at radius 1 is 1.17 bits per heavy atom. The van der Waals surface area contributed by atoms with Gasteiger partial charge >= 0.3 is 0 Å². The van der Waals surface area contributed by atoms with Crippen LogP contribution in [-0.4, -0.2) is 26.0 Å². The molecule has 6 heteroatoms. The molecule has 0 radical (unpaired) electrons. The number of hydrogen-bond donors (Lipinski definition) is 2. The van der Waals surface area contributed by atoms with Gasteiger partial charge in [-0.3, -0.25) is 0 Å². The lowest BCUT2D eigenvalue weighted by Gasteiger charge is -2.48. The van der Waals surface area contributed by atoms with Crippen molar-refractivity contribution >= 4 is 0 Å². The molecular formula is C18H21FN2O3. The van der Waals surface area contributed by atoms with E-state index in [1.54, 1.807) is 6.07 Å². The predicted molar refractivity (Wildman–Crippen MR) is 84.9 cm³/mol. The average molecular weight is 332 g/mol. The fourth-order valence-corrected chi connectivity index (χ4v) is 4.11. The Kier molecular flexibility index (Phi) is 3.79. The topological polar surface area (TPSA) is 79.4 Å². The number of benzene rings is 1. The molecule has 0 unspecified atom stereocenters. The largest absolute Gasteiger partial charge is 0.505 e. The lowest BCUT2D eigenvalue weighted by atomic mass is 9.61. The maximum Gasteiger partial charge on any atom is 0.230 e. The van der Waals surface area contributed by atoms with Gasteiger partial charge < -0.3 is 14.7 Å². The van der Waals surface area contributed by atoms with Crippen LogP contribution in [0.5, 0.6) is 5.75 Å². The van der Waals surface area contributed by atoms with Gasteiger partial charge in [-0.25, -0.2) is 4.39 Å². The molecule has 128 valence electrons. The molecule has 2 saturated carbocycles. The normalized spacial score (nSPS) is 27.8. The van der Waals surface area contributed by atoms with Crippen LogP contribution < -0.4 is 0 Å². The van der Waals surface area contributed by atoms with E-state index in [1.807, 2.05) is 0 Å². The van der Waals surface area contributed by atoms with Gasteiger partial charge in [-0.05, 0) is 49.8 Å². The van der Waals surface area contributed by atoms with Gasteiger partial charge in [-0.1, -0.05) is 24.4 Å². The average Bonchev–Trinajstić information content (AvgIpc) is 3.05. The lowest BCUT2D eigenvalue weighted by molar-refractivity contribution is -0.111. The highest BCUT2D eigenvalue weighted by atomic mass is 19.1. The van der Waals surface area contributed by atoms with Crippen molar-refractivity contribution in [2.24, 2.45) is 5.92 Å². The van der Waals surface area contributed by atoms with Gasteiger partial charge in [-0.2, -0.15) is 4.98 Å². The van der Waals surface area contributed by atoms with Crippen LogP contribution in [0.4, 0.5) is 4.39 Å². The highest BCUT2D eigenvalue weighted by Crippen LogP contribution is 2.51. The lowest BCUT2D eigenvalue weighted by Crippen LogP contribution is -2.49. The zero-order valence-corrected chi connectivity index (χ0v) is 13.4. The summed E-state index contributed by atoms with van der Waals surface area (Å²) in [6, 6.07) is 4.00. The summed E-state index contributed by atoms with van der Waals surface area (Å²) in [7, 11) is 0. The first-order valence-corrected chi connectivity index (χ1v) is 8.60. The van der Waals surface area contributed by atoms with E-state index < -0.39 is 17.2 Å². The molecule has 0 saturated heterocycles. The van der Waals surface area contributed by atoms with Crippen molar-refractivity contribution in [1.29, 1.82) is 0 Å². The second-order valence-corrected chi connectivity index (χ2v) is 7.17. The van der Waals surface area contributed by atoms with Gasteiger partial charge in [-0.15, -0.1) is 0 Å². The molecule has 2 aliphatic rings. The zero-order valence-electron chi connectivity index (χ0n) is 13.4. The molecule has 0 amide bonds. The van der Waals surface area contributed by atoms with Crippen molar-refractivity contribution in [2.75, 3.05) is 0 Å². The van der Waals surface area contributed by atoms with Gasteiger partial charge in [0.1, 0.15) is 0 Å². The number of phenolic OH excluding ortho intramolecular Hbond substituents is 1. The third-order valence-corrected chi connectivity index (χ3v) is 5.56. The SMILES string of the molecule is Oc1ccc(-c2noc(C3CC(O)(C4CCCCC4)C3)n2)cc1F. The number of hydrogen-bond acceptors (Lipinski definition) is 5. The number of rotatable bonds is 3. The zero-order chi connectivity index (χ0) is 16.7. The molecule has 1 aromatic heterocycles. The third kappa shape index (κ3) is 2.69. The molecule has 2 N–H and O–H groups in total. The highest BCUT2D eigenvalue weighted by Gasteiger charge is 2.50. The number of aliphatic hydroxyl groups is 1. The van der Waals surface area contributed by atoms with Gasteiger partial charge in [0.05, 0.1) is 5.60 Å². The summed E-state index contributed by atoms with van der Waals surface area (Å²) in [4.78, 5) is 4.35. The van der Waals surface area contributed by atoms with Gasteiger partial charge in [0, 0.05) is 11.5 Å². The van der Waals surface area contributed by atoms with Gasteiger partial charge in [0.25, 0.3) is 0 Å². The minimum atomic E-state index is -0.714. The Bertz CT molecular complexity index is 734. The smallest absolute Gasteiger partial charge is 0.230 e. The Hall–Kier alpha value is -1.95. The van der Waals surface area contributed by atoms with Crippen LogP contribution >= 0.6 is 0 Å². The predicted octanol–water partition coefficient (Wildman–Crippen LogP) is 3.77. The maximum atomic E-state index is 13.4. The molecule has 5 nitrogen and oxygen atoms in total. The summed E-state index contributed by atoms with van der Waals surface area (Å²) in [6.07, 6.45) is 7.19.